The molecule has 0 aliphatic rings. The number of methoxy groups -OCH3 is 4. The standard InChI is InChI=1S/C52H50O4.2C7H8/c1-27-17-35(53-9)18-28(2)47(27)43-25-44(48-29(3)19-36(54-10)20-30(48)4)40-15-16-42-46(50-33(7)23-38(56-12)24-34(50)8)26-45(41-14-13-39(43)51(40)52(41)42)49-31(5)21-37(55-11)22-32(49)6;2*1-7-5-3-2-4-6-7/h13-26H,1-12H3;2*2-6H,1H3. The zero-order valence-corrected chi connectivity index (χ0v) is 43.5. The highest BCUT2D eigenvalue weighted by Gasteiger charge is 2.25. The predicted molar refractivity (Wildman–Crippen MR) is 298 cm³/mol. The van der Waals surface area contributed by atoms with Gasteiger partial charge in [0.05, 0.1) is 28.4 Å². The van der Waals surface area contributed by atoms with Crippen molar-refractivity contribution in [2.75, 3.05) is 28.4 Å². The normalized spacial score (nSPS) is 11.0. The smallest absolute Gasteiger partial charge is 0.119 e. The second kappa shape index (κ2) is 20.6. The molecule has 0 N–H and O–H groups in total. The van der Waals surface area contributed by atoms with Crippen molar-refractivity contribution >= 4 is 32.3 Å². The highest BCUT2D eigenvalue weighted by atomic mass is 16.5. The van der Waals surface area contributed by atoms with Crippen LogP contribution < -0.4 is 18.9 Å². The van der Waals surface area contributed by atoms with Crippen molar-refractivity contribution in [1.82, 2.24) is 0 Å². The van der Waals surface area contributed by atoms with Gasteiger partial charge >= 0.3 is 0 Å². The molecular formula is C66H66O4. The van der Waals surface area contributed by atoms with Crippen molar-refractivity contribution in [3.63, 3.8) is 0 Å². The van der Waals surface area contributed by atoms with E-state index in [1.165, 1.54) is 132 Å². The summed E-state index contributed by atoms with van der Waals surface area (Å²) < 4.78 is 23.0. The molecule has 354 valence electrons. The first-order valence-electron chi connectivity index (χ1n) is 24.1. The fraction of sp³-hybridized carbons (Fsp3) is 0.212. The molecule has 0 fully saturated rings. The van der Waals surface area contributed by atoms with Crippen LogP contribution in [0.25, 0.3) is 76.8 Å². The number of benzene rings is 10. The van der Waals surface area contributed by atoms with Crippen LogP contribution in [-0.2, 0) is 0 Å². The van der Waals surface area contributed by atoms with E-state index in [0.29, 0.717) is 0 Å². The number of hydrogen-bond donors (Lipinski definition) is 0. The Kier molecular flexibility index (Phi) is 14.4. The zero-order chi connectivity index (χ0) is 50.0. The molecule has 0 radical (unpaired) electrons. The van der Waals surface area contributed by atoms with E-state index in [9.17, 15) is 0 Å². The summed E-state index contributed by atoms with van der Waals surface area (Å²) in [6.45, 7) is 21.8. The molecule has 10 aromatic carbocycles. The Hall–Kier alpha value is -7.56. The van der Waals surface area contributed by atoms with E-state index in [1.54, 1.807) is 28.4 Å². The molecule has 0 aliphatic heterocycles. The monoisotopic (exact) mass is 922 g/mol. The van der Waals surface area contributed by atoms with Crippen molar-refractivity contribution in [1.29, 1.82) is 0 Å². The van der Waals surface area contributed by atoms with Crippen LogP contribution in [0, 0.1) is 69.2 Å². The third kappa shape index (κ3) is 9.44. The van der Waals surface area contributed by atoms with E-state index >= 15 is 0 Å². The van der Waals surface area contributed by atoms with Gasteiger partial charge in [-0.2, -0.15) is 0 Å². The van der Waals surface area contributed by atoms with Crippen LogP contribution >= 0.6 is 0 Å². The average Bonchev–Trinajstić information content (AvgIpc) is 3.34. The fourth-order valence-electron chi connectivity index (χ4n) is 10.8. The Labute approximate surface area is 415 Å². The van der Waals surface area contributed by atoms with Crippen LogP contribution in [-0.4, -0.2) is 28.4 Å². The molecule has 0 spiro atoms. The zero-order valence-electron chi connectivity index (χ0n) is 43.5. The molecule has 10 rings (SSSR count). The van der Waals surface area contributed by atoms with Gasteiger partial charge in [-0.3, -0.25) is 0 Å². The third-order valence-electron chi connectivity index (χ3n) is 13.8. The molecule has 0 bridgehead atoms. The highest BCUT2D eigenvalue weighted by Crippen LogP contribution is 2.51. The van der Waals surface area contributed by atoms with E-state index in [4.69, 9.17) is 18.9 Å². The first-order chi connectivity index (χ1) is 33.7. The predicted octanol–water partition coefficient (Wildman–Crippen LogP) is 17.7. The Balaban J connectivity index is 0.000000404. The minimum atomic E-state index is 0.869. The molecule has 4 nitrogen and oxygen atoms in total. The average molecular weight is 923 g/mol. The Morgan fingerprint density at radius 1 is 0.243 bits per heavy atom. The van der Waals surface area contributed by atoms with E-state index in [0.717, 1.165) is 23.0 Å². The molecule has 0 amide bonds. The SMILES string of the molecule is COc1cc(C)c(-c2cc(-c3c(C)cc(OC)cc3C)c3ccc4c(-c5c(C)cc(OC)cc5C)cc(-c5c(C)cc(OC)cc5C)c5ccc2c3c54)c(C)c1.Cc1ccccc1.Cc1ccccc1. The summed E-state index contributed by atoms with van der Waals surface area (Å²) >= 11 is 0. The lowest BCUT2D eigenvalue weighted by Gasteiger charge is -2.25. The molecule has 4 heteroatoms. The van der Waals surface area contributed by atoms with Gasteiger partial charge in [0.1, 0.15) is 23.0 Å². The lowest BCUT2D eigenvalue weighted by atomic mass is 9.79. The second-order valence-electron chi connectivity index (χ2n) is 18.9. The van der Waals surface area contributed by atoms with Gasteiger partial charge < -0.3 is 18.9 Å². The molecule has 70 heavy (non-hydrogen) atoms. The van der Waals surface area contributed by atoms with Gasteiger partial charge in [-0.15, -0.1) is 0 Å². The van der Waals surface area contributed by atoms with Gasteiger partial charge in [-0.25, -0.2) is 0 Å². The van der Waals surface area contributed by atoms with Crippen molar-refractivity contribution in [2.24, 2.45) is 0 Å². The van der Waals surface area contributed by atoms with E-state index in [-0.39, 0.29) is 0 Å². The van der Waals surface area contributed by atoms with Gasteiger partial charge in [0.15, 0.2) is 0 Å². The van der Waals surface area contributed by atoms with Crippen LogP contribution in [0.3, 0.4) is 0 Å². The van der Waals surface area contributed by atoms with Crippen LogP contribution in [0.4, 0.5) is 0 Å². The Morgan fingerprint density at radius 3 is 0.600 bits per heavy atom. The maximum Gasteiger partial charge on any atom is 0.119 e. The third-order valence-corrected chi connectivity index (χ3v) is 13.8. The van der Waals surface area contributed by atoms with Crippen molar-refractivity contribution < 1.29 is 18.9 Å². The molecule has 0 saturated heterocycles. The minimum Gasteiger partial charge on any atom is -0.497 e. The Bertz CT molecular complexity index is 3000. The molecule has 0 unspecified atom stereocenters. The molecule has 0 aliphatic carbocycles. The number of rotatable bonds is 8. The summed E-state index contributed by atoms with van der Waals surface area (Å²) in [4.78, 5) is 0. The molecule has 0 atom stereocenters. The summed E-state index contributed by atoms with van der Waals surface area (Å²) in [5.41, 5.74) is 21.9. The summed E-state index contributed by atoms with van der Waals surface area (Å²) in [6, 6.07) is 52.1. The van der Waals surface area contributed by atoms with Gasteiger partial charge in [0.25, 0.3) is 0 Å². The fourth-order valence-corrected chi connectivity index (χ4v) is 10.8. The van der Waals surface area contributed by atoms with E-state index in [2.05, 4.69) is 178 Å². The second-order valence-corrected chi connectivity index (χ2v) is 18.9. The molecule has 10 aromatic rings. The molecule has 0 heterocycles. The van der Waals surface area contributed by atoms with Gasteiger partial charge in [0.2, 0.25) is 0 Å². The number of ether oxygens (including phenoxy) is 4. The van der Waals surface area contributed by atoms with Crippen LogP contribution in [0.5, 0.6) is 23.0 Å². The summed E-state index contributed by atoms with van der Waals surface area (Å²) in [6.07, 6.45) is 0. The van der Waals surface area contributed by atoms with Gasteiger partial charge in [-0.1, -0.05) is 96.1 Å². The van der Waals surface area contributed by atoms with Gasteiger partial charge in [0, 0.05) is 0 Å². The van der Waals surface area contributed by atoms with Crippen LogP contribution in [0.1, 0.15) is 55.6 Å². The lowest BCUT2D eigenvalue weighted by Crippen LogP contribution is -2.00. The maximum atomic E-state index is 5.74. The number of hydrogen-bond acceptors (Lipinski definition) is 4. The molecule has 0 saturated carbocycles. The van der Waals surface area contributed by atoms with E-state index in [1.807, 2.05) is 36.4 Å². The van der Waals surface area contributed by atoms with Gasteiger partial charge in [-0.05, 0) is 251 Å². The largest absolute Gasteiger partial charge is 0.497 e. The van der Waals surface area contributed by atoms with Crippen LogP contribution in [0.15, 0.2) is 146 Å². The summed E-state index contributed by atoms with van der Waals surface area (Å²) in [5.74, 6) is 3.48. The molecule has 0 aromatic heterocycles. The number of aryl methyl sites for hydroxylation is 10. The lowest BCUT2D eigenvalue weighted by molar-refractivity contribution is 0.414. The minimum absolute atomic E-state index is 0.869. The summed E-state index contributed by atoms with van der Waals surface area (Å²) in [5, 5.41) is 7.47. The van der Waals surface area contributed by atoms with Crippen molar-refractivity contribution in [2.45, 2.75) is 69.2 Å². The van der Waals surface area contributed by atoms with Crippen LogP contribution in [0.2, 0.25) is 0 Å². The topological polar surface area (TPSA) is 36.9 Å². The quantitative estimate of drug-likeness (QED) is 0.142. The Morgan fingerprint density at radius 2 is 0.443 bits per heavy atom. The highest BCUT2D eigenvalue weighted by molar-refractivity contribution is 6.32. The van der Waals surface area contributed by atoms with Crippen molar-refractivity contribution in [3.8, 4) is 67.5 Å². The maximum absolute atomic E-state index is 5.74. The molecular weight excluding hydrogens is 857 g/mol. The summed E-state index contributed by atoms with van der Waals surface area (Å²) in [7, 11) is 6.96. The van der Waals surface area contributed by atoms with Crippen molar-refractivity contribution in [3.05, 3.63) is 201 Å². The first-order valence-corrected chi connectivity index (χ1v) is 24.1. The van der Waals surface area contributed by atoms with E-state index < -0.39 is 0 Å². The first kappa shape index (κ1) is 48.9.